The lowest BCUT2D eigenvalue weighted by Gasteiger charge is -2.20. The second-order valence-corrected chi connectivity index (χ2v) is 6.72. The number of rotatable bonds is 6. The summed E-state index contributed by atoms with van der Waals surface area (Å²) in [6, 6.07) is 0.955. The van der Waals surface area contributed by atoms with E-state index < -0.39 is 12.1 Å². The topological polar surface area (TPSA) is 69.7 Å². The molecule has 0 bridgehead atoms. The second kappa shape index (κ2) is 6.91. The molecule has 1 atom stereocenters. The molecule has 0 unspecified atom stereocenters. The molecule has 2 heterocycles. The van der Waals surface area contributed by atoms with E-state index in [1.54, 1.807) is 18.4 Å². The van der Waals surface area contributed by atoms with Gasteiger partial charge in [0.15, 0.2) is 0 Å². The molecule has 0 aromatic carbocycles. The van der Waals surface area contributed by atoms with Crippen LogP contribution in [0.2, 0.25) is 0 Å². The fourth-order valence-electron chi connectivity index (χ4n) is 2.36. The predicted octanol–water partition coefficient (Wildman–Crippen LogP) is 1.67. The van der Waals surface area contributed by atoms with Crippen molar-refractivity contribution >= 4 is 29.2 Å². The van der Waals surface area contributed by atoms with Gasteiger partial charge in [-0.3, -0.25) is 14.5 Å². The molecule has 2 rings (SSSR count). The first-order chi connectivity index (χ1) is 10.4. The van der Waals surface area contributed by atoms with Crippen LogP contribution in [0.15, 0.2) is 16.8 Å². The first kappa shape index (κ1) is 16.5. The van der Waals surface area contributed by atoms with Gasteiger partial charge in [-0.2, -0.15) is 11.3 Å². The summed E-state index contributed by atoms with van der Waals surface area (Å²) >= 11 is 1.57. The molecule has 1 N–H and O–H groups in total. The molecule has 22 heavy (non-hydrogen) atoms. The van der Waals surface area contributed by atoms with Crippen molar-refractivity contribution in [2.75, 3.05) is 13.6 Å². The fraction of sp³-hybridized carbons (Fsp3) is 0.533. The molecule has 6 nitrogen and oxygen atoms in total. The minimum atomic E-state index is -0.512. The van der Waals surface area contributed by atoms with Crippen molar-refractivity contribution in [1.29, 1.82) is 0 Å². The van der Waals surface area contributed by atoms with Crippen molar-refractivity contribution < 1.29 is 14.4 Å². The van der Waals surface area contributed by atoms with E-state index in [0.717, 1.165) is 10.5 Å². The van der Waals surface area contributed by atoms with E-state index in [-0.39, 0.29) is 18.4 Å². The van der Waals surface area contributed by atoms with E-state index in [1.165, 1.54) is 4.90 Å². The predicted molar refractivity (Wildman–Crippen MR) is 84.3 cm³/mol. The third-order valence-corrected chi connectivity index (χ3v) is 4.27. The van der Waals surface area contributed by atoms with Crippen LogP contribution in [0, 0.1) is 5.92 Å². The van der Waals surface area contributed by atoms with Gasteiger partial charge in [0, 0.05) is 13.6 Å². The lowest BCUT2D eigenvalue weighted by atomic mass is 10.0. The highest BCUT2D eigenvalue weighted by Gasteiger charge is 2.39. The number of hydrogen-bond donors (Lipinski definition) is 1. The van der Waals surface area contributed by atoms with Gasteiger partial charge in [-0.25, -0.2) is 4.79 Å². The third-order valence-electron chi connectivity index (χ3n) is 3.53. The highest BCUT2D eigenvalue weighted by atomic mass is 32.1. The largest absolute Gasteiger partial charge is 0.340 e. The molecule has 1 fully saturated rings. The van der Waals surface area contributed by atoms with Crippen LogP contribution in [0.3, 0.4) is 0 Å². The Morgan fingerprint density at radius 3 is 2.77 bits per heavy atom. The SMILES string of the molecule is CC(C)C[C@@H]1NC(=O)N(CC(=O)N(C)Cc2ccsc2)C1=O. The maximum absolute atomic E-state index is 12.2. The molecule has 7 heteroatoms. The minimum Gasteiger partial charge on any atom is -0.340 e. The quantitative estimate of drug-likeness (QED) is 0.810. The number of carbonyl (C=O) groups excluding carboxylic acids is 3. The summed E-state index contributed by atoms with van der Waals surface area (Å²) in [5.41, 5.74) is 1.04. The van der Waals surface area contributed by atoms with Gasteiger partial charge >= 0.3 is 6.03 Å². The number of thiophene rings is 1. The zero-order chi connectivity index (χ0) is 16.3. The Bertz CT molecular complexity index is 556. The molecular formula is C15H21N3O3S. The van der Waals surface area contributed by atoms with Crippen LogP contribution in [0.4, 0.5) is 4.79 Å². The van der Waals surface area contributed by atoms with Crippen molar-refractivity contribution in [3.63, 3.8) is 0 Å². The molecule has 1 aliphatic rings. The molecule has 0 saturated carbocycles. The van der Waals surface area contributed by atoms with Crippen LogP contribution >= 0.6 is 11.3 Å². The van der Waals surface area contributed by atoms with E-state index >= 15 is 0 Å². The molecule has 0 radical (unpaired) electrons. The number of nitrogens with one attached hydrogen (secondary N) is 1. The van der Waals surface area contributed by atoms with Crippen LogP contribution in [-0.4, -0.2) is 47.3 Å². The van der Waals surface area contributed by atoms with Crippen LogP contribution in [-0.2, 0) is 16.1 Å². The van der Waals surface area contributed by atoms with Crippen molar-refractivity contribution in [2.45, 2.75) is 32.9 Å². The molecule has 120 valence electrons. The Morgan fingerprint density at radius 1 is 1.45 bits per heavy atom. The molecule has 1 saturated heterocycles. The average Bonchev–Trinajstić information content (AvgIpc) is 3.02. The van der Waals surface area contributed by atoms with Gasteiger partial charge in [0.2, 0.25) is 5.91 Å². The molecule has 0 spiro atoms. The molecule has 1 aromatic heterocycles. The fourth-order valence-corrected chi connectivity index (χ4v) is 3.02. The minimum absolute atomic E-state index is 0.208. The zero-order valence-electron chi connectivity index (χ0n) is 13.0. The number of imide groups is 1. The highest BCUT2D eigenvalue weighted by Crippen LogP contribution is 2.15. The van der Waals surface area contributed by atoms with Crippen molar-refractivity contribution in [2.24, 2.45) is 5.92 Å². The standard InChI is InChI=1S/C15H21N3O3S/c1-10(2)6-12-14(20)18(15(21)16-12)8-13(19)17(3)7-11-4-5-22-9-11/h4-5,9-10,12H,6-8H2,1-3H3,(H,16,21)/t12-/m0/s1. The van der Waals surface area contributed by atoms with E-state index in [0.29, 0.717) is 18.9 Å². The van der Waals surface area contributed by atoms with Gasteiger partial charge in [0.1, 0.15) is 12.6 Å². The Kier molecular flexibility index (Phi) is 5.18. The number of amides is 4. The van der Waals surface area contributed by atoms with Gasteiger partial charge in [-0.05, 0) is 34.7 Å². The lowest BCUT2D eigenvalue weighted by Crippen LogP contribution is -2.41. The Hall–Kier alpha value is -1.89. The van der Waals surface area contributed by atoms with Gasteiger partial charge < -0.3 is 10.2 Å². The van der Waals surface area contributed by atoms with Crippen LogP contribution < -0.4 is 5.32 Å². The third kappa shape index (κ3) is 3.85. The van der Waals surface area contributed by atoms with Crippen molar-refractivity contribution in [3.05, 3.63) is 22.4 Å². The van der Waals surface area contributed by atoms with E-state index in [4.69, 9.17) is 0 Å². The molecule has 0 aliphatic carbocycles. The molecule has 1 aliphatic heterocycles. The summed E-state index contributed by atoms with van der Waals surface area (Å²) in [5, 5.41) is 6.56. The molecule has 4 amide bonds. The van der Waals surface area contributed by atoms with Gasteiger partial charge in [0.25, 0.3) is 5.91 Å². The van der Waals surface area contributed by atoms with Crippen molar-refractivity contribution in [1.82, 2.24) is 15.1 Å². The van der Waals surface area contributed by atoms with Gasteiger partial charge in [0.05, 0.1) is 0 Å². The number of nitrogens with zero attached hydrogens (tertiary/aromatic N) is 2. The highest BCUT2D eigenvalue weighted by molar-refractivity contribution is 7.07. The Labute approximate surface area is 134 Å². The summed E-state index contributed by atoms with van der Waals surface area (Å²) in [4.78, 5) is 38.8. The number of hydrogen-bond acceptors (Lipinski definition) is 4. The summed E-state index contributed by atoms with van der Waals surface area (Å²) in [6.45, 7) is 4.24. The average molecular weight is 323 g/mol. The first-order valence-electron chi connectivity index (χ1n) is 7.25. The molecular weight excluding hydrogens is 302 g/mol. The van der Waals surface area contributed by atoms with Gasteiger partial charge in [-0.15, -0.1) is 0 Å². The number of likely N-dealkylation sites (N-methyl/N-ethyl adjacent to an activating group) is 1. The van der Waals surface area contributed by atoms with E-state index in [2.05, 4.69) is 5.32 Å². The smallest absolute Gasteiger partial charge is 0.325 e. The summed E-state index contributed by atoms with van der Waals surface area (Å²) in [7, 11) is 1.67. The van der Waals surface area contributed by atoms with Crippen molar-refractivity contribution in [3.8, 4) is 0 Å². The lowest BCUT2D eigenvalue weighted by molar-refractivity contribution is -0.137. The Morgan fingerprint density at radius 2 is 2.18 bits per heavy atom. The summed E-state index contributed by atoms with van der Waals surface area (Å²) in [6.07, 6.45) is 0.583. The Balaban J connectivity index is 1.93. The maximum atomic E-state index is 12.2. The summed E-state index contributed by atoms with van der Waals surface area (Å²) in [5.74, 6) is -0.262. The van der Waals surface area contributed by atoms with Crippen LogP contribution in [0.25, 0.3) is 0 Å². The van der Waals surface area contributed by atoms with E-state index in [9.17, 15) is 14.4 Å². The zero-order valence-corrected chi connectivity index (χ0v) is 13.9. The summed E-state index contributed by atoms with van der Waals surface area (Å²) < 4.78 is 0. The van der Waals surface area contributed by atoms with Crippen LogP contribution in [0.1, 0.15) is 25.8 Å². The number of carbonyl (C=O) groups is 3. The normalized spacial score (nSPS) is 18.0. The van der Waals surface area contributed by atoms with E-state index in [1.807, 2.05) is 30.7 Å². The van der Waals surface area contributed by atoms with Crippen LogP contribution in [0.5, 0.6) is 0 Å². The monoisotopic (exact) mass is 323 g/mol. The second-order valence-electron chi connectivity index (χ2n) is 5.94. The number of urea groups is 1. The van der Waals surface area contributed by atoms with Gasteiger partial charge in [-0.1, -0.05) is 13.8 Å². The first-order valence-corrected chi connectivity index (χ1v) is 8.19. The molecule has 1 aromatic rings. The maximum Gasteiger partial charge on any atom is 0.325 e.